The molecule has 4 aliphatic carbocycles. The molecule has 0 heterocycles. The third-order valence-electron chi connectivity index (χ3n) is 10.2. The minimum atomic E-state index is -0.311. The Hall–Kier alpha value is -1.26. The maximum absolute atomic E-state index is 13.3. The minimum Gasteiger partial charge on any atom is -0.294 e. The quantitative estimate of drug-likeness (QED) is 0.402. The van der Waals surface area contributed by atoms with Crippen molar-refractivity contribution in [1.29, 1.82) is 0 Å². The van der Waals surface area contributed by atoms with Crippen molar-refractivity contribution in [3.63, 3.8) is 0 Å². The number of carbonyl (C=O) groups excluding carboxylic acids is 2. The molecule has 0 radical (unpaired) electrons. The fourth-order valence-electron chi connectivity index (χ4n) is 7.67. The van der Waals surface area contributed by atoms with Gasteiger partial charge in [-0.15, -0.1) is 0 Å². The molecule has 32 heavy (non-hydrogen) atoms. The maximum atomic E-state index is 13.3. The van der Waals surface area contributed by atoms with E-state index in [9.17, 15) is 9.59 Å². The number of hydrogen-bond acceptors (Lipinski definition) is 4. The first kappa shape index (κ1) is 22.5. The summed E-state index contributed by atoms with van der Waals surface area (Å²) in [5.41, 5.74) is 3.38. The van der Waals surface area contributed by atoms with Gasteiger partial charge in [-0.3, -0.25) is 9.59 Å². The number of carbonyl (C=O) groups is 2. The van der Waals surface area contributed by atoms with E-state index in [2.05, 4.69) is 89.4 Å². The van der Waals surface area contributed by atoms with Gasteiger partial charge in [-0.2, -0.15) is 25.3 Å². The SMILES string of the molecule is CC1(C)C2CCC1(CS)C(=O)/C2=C\c1ccc(/C=C2\C(=O)C3(CS)CCC2C3(C)C)cc1. The standard InChI is InChI=1S/C28H34O2S2/c1-25(2)21-9-11-27(25,15-31)23(29)19(21)13-17-5-7-18(8-6-17)14-20-22-10-12-28(16-32,24(20)30)26(22,3)4/h5-8,13-14,21-22,31-32H,9-12,15-16H2,1-4H3/b19-13-,20-14-. The third kappa shape index (κ3) is 2.57. The van der Waals surface area contributed by atoms with E-state index >= 15 is 0 Å². The van der Waals surface area contributed by atoms with Gasteiger partial charge in [-0.25, -0.2) is 0 Å². The number of thiol groups is 2. The summed E-state index contributed by atoms with van der Waals surface area (Å²) in [6.45, 7) is 8.95. The zero-order valence-corrected chi connectivity index (χ0v) is 21.4. The van der Waals surface area contributed by atoms with E-state index in [0.717, 1.165) is 48.0 Å². The second-order valence-corrected chi connectivity index (χ2v) is 12.3. The molecular formula is C28H34O2S2. The van der Waals surface area contributed by atoms with E-state index in [-0.39, 0.29) is 21.7 Å². The topological polar surface area (TPSA) is 34.1 Å². The van der Waals surface area contributed by atoms with Crippen LogP contribution in [0, 0.1) is 33.5 Å². The average molecular weight is 467 g/mol. The van der Waals surface area contributed by atoms with Crippen LogP contribution in [-0.4, -0.2) is 23.1 Å². The molecule has 4 heteroatoms. The van der Waals surface area contributed by atoms with Gasteiger partial charge in [-0.1, -0.05) is 52.0 Å². The molecule has 4 unspecified atom stereocenters. The van der Waals surface area contributed by atoms with Crippen LogP contribution in [0.5, 0.6) is 0 Å². The summed E-state index contributed by atoms with van der Waals surface area (Å²) in [7, 11) is 0. The predicted molar refractivity (Wildman–Crippen MR) is 138 cm³/mol. The largest absolute Gasteiger partial charge is 0.294 e. The van der Waals surface area contributed by atoms with Crippen molar-refractivity contribution in [3.05, 3.63) is 46.5 Å². The lowest BCUT2D eigenvalue weighted by Gasteiger charge is -2.34. The minimum absolute atomic E-state index is 0.0279. The molecule has 4 bridgehead atoms. The molecule has 4 fully saturated rings. The second kappa shape index (κ2) is 7.12. The van der Waals surface area contributed by atoms with Crippen molar-refractivity contribution in [2.75, 3.05) is 11.5 Å². The highest BCUT2D eigenvalue weighted by atomic mass is 32.1. The van der Waals surface area contributed by atoms with E-state index in [1.807, 2.05) is 0 Å². The van der Waals surface area contributed by atoms with Crippen LogP contribution in [-0.2, 0) is 9.59 Å². The van der Waals surface area contributed by atoms with Crippen molar-refractivity contribution >= 4 is 49.0 Å². The summed E-state index contributed by atoms with van der Waals surface area (Å²) in [5.74, 6) is 2.47. The van der Waals surface area contributed by atoms with Crippen LogP contribution in [0.3, 0.4) is 0 Å². The number of ketones is 2. The van der Waals surface area contributed by atoms with E-state index < -0.39 is 0 Å². The molecule has 0 aromatic heterocycles. The number of Topliss-reactive ketones (excluding diaryl/α,β-unsaturated/α-hetero) is 2. The Kier molecular flexibility index (Phi) is 5.01. The molecule has 0 spiro atoms. The smallest absolute Gasteiger partial charge is 0.166 e. The summed E-state index contributed by atoms with van der Waals surface area (Å²) in [5, 5.41) is 0. The molecule has 4 atom stereocenters. The molecular weight excluding hydrogens is 432 g/mol. The maximum Gasteiger partial charge on any atom is 0.166 e. The Morgan fingerprint density at radius 2 is 1.09 bits per heavy atom. The first-order valence-corrected chi connectivity index (χ1v) is 13.2. The van der Waals surface area contributed by atoms with Gasteiger partial charge >= 0.3 is 0 Å². The van der Waals surface area contributed by atoms with Crippen LogP contribution >= 0.6 is 25.3 Å². The van der Waals surface area contributed by atoms with Gasteiger partial charge < -0.3 is 0 Å². The Labute approximate surface area is 203 Å². The first-order valence-electron chi connectivity index (χ1n) is 11.9. The van der Waals surface area contributed by atoms with E-state index in [1.165, 1.54) is 0 Å². The number of hydrogen-bond donors (Lipinski definition) is 2. The zero-order chi connectivity index (χ0) is 23.1. The first-order chi connectivity index (χ1) is 15.1. The second-order valence-electron chi connectivity index (χ2n) is 11.6. The van der Waals surface area contributed by atoms with Crippen LogP contribution in [0.1, 0.15) is 64.5 Å². The third-order valence-corrected chi connectivity index (χ3v) is 11.3. The van der Waals surface area contributed by atoms with Crippen LogP contribution in [0.15, 0.2) is 35.4 Å². The zero-order valence-electron chi connectivity index (χ0n) is 19.6. The fourth-order valence-corrected chi connectivity index (χ4v) is 9.09. The molecule has 4 saturated carbocycles. The fraction of sp³-hybridized carbons (Fsp3) is 0.571. The molecule has 1 aromatic rings. The normalized spacial score (nSPS) is 39.1. The average Bonchev–Trinajstić information content (AvgIpc) is 3.29. The van der Waals surface area contributed by atoms with Crippen LogP contribution in [0.2, 0.25) is 0 Å². The van der Waals surface area contributed by atoms with E-state index in [4.69, 9.17) is 0 Å². The number of benzene rings is 1. The molecule has 4 aliphatic rings. The van der Waals surface area contributed by atoms with Crippen molar-refractivity contribution in [2.24, 2.45) is 33.5 Å². The van der Waals surface area contributed by atoms with Gasteiger partial charge in [0.15, 0.2) is 11.6 Å². The van der Waals surface area contributed by atoms with Crippen molar-refractivity contribution in [2.45, 2.75) is 53.4 Å². The summed E-state index contributed by atoms with van der Waals surface area (Å²) < 4.78 is 0. The molecule has 2 nitrogen and oxygen atoms in total. The summed E-state index contributed by atoms with van der Waals surface area (Å²) >= 11 is 9.16. The lowest BCUT2D eigenvalue weighted by atomic mass is 9.70. The van der Waals surface area contributed by atoms with Crippen molar-refractivity contribution in [1.82, 2.24) is 0 Å². The highest BCUT2D eigenvalue weighted by Gasteiger charge is 2.66. The summed E-state index contributed by atoms with van der Waals surface area (Å²) in [6, 6.07) is 8.32. The van der Waals surface area contributed by atoms with E-state index in [0.29, 0.717) is 34.9 Å². The van der Waals surface area contributed by atoms with Gasteiger partial charge in [0.2, 0.25) is 0 Å². The highest BCUT2D eigenvalue weighted by Crippen LogP contribution is 2.67. The monoisotopic (exact) mass is 466 g/mol. The molecule has 5 rings (SSSR count). The lowest BCUT2D eigenvalue weighted by Crippen LogP contribution is -2.37. The van der Waals surface area contributed by atoms with Gasteiger partial charge in [0.05, 0.1) is 0 Å². The Balaban J connectivity index is 1.43. The van der Waals surface area contributed by atoms with Gasteiger partial charge in [0.1, 0.15) is 0 Å². The number of fused-ring (bicyclic) bond motifs is 4. The van der Waals surface area contributed by atoms with Crippen molar-refractivity contribution < 1.29 is 9.59 Å². The molecule has 170 valence electrons. The van der Waals surface area contributed by atoms with Crippen LogP contribution < -0.4 is 0 Å². The van der Waals surface area contributed by atoms with Gasteiger partial charge in [-0.05, 0) is 71.6 Å². The lowest BCUT2D eigenvalue weighted by molar-refractivity contribution is -0.125. The Morgan fingerprint density at radius 1 is 0.750 bits per heavy atom. The van der Waals surface area contributed by atoms with Crippen molar-refractivity contribution in [3.8, 4) is 0 Å². The number of allylic oxidation sites excluding steroid dienone is 2. The predicted octanol–water partition coefficient (Wildman–Crippen LogP) is 6.32. The van der Waals surface area contributed by atoms with Gasteiger partial charge in [0, 0.05) is 33.5 Å². The Bertz CT molecular complexity index is 976. The molecule has 0 saturated heterocycles. The van der Waals surface area contributed by atoms with E-state index in [1.54, 1.807) is 0 Å². The summed E-state index contributed by atoms with van der Waals surface area (Å²) in [6.07, 6.45) is 8.24. The molecule has 0 amide bonds. The molecule has 1 aromatic carbocycles. The number of rotatable bonds is 4. The van der Waals surface area contributed by atoms with Crippen LogP contribution in [0.4, 0.5) is 0 Å². The molecule has 0 N–H and O–H groups in total. The highest BCUT2D eigenvalue weighted by molar-refractivity contribution is 7.80. The summed E-state index contributed by atoms with van der Waals surface area (Å²) in [4.78, 5) is 26.6. The van der Waals surface area contributed by atoms with Crippen LogP contribution in [0.25, 0.3) is 12.2 Å². The molecule has 0 aliphatic heterocycles. The Morgan fingerprint density at radius 3 is 1.38 bits per heavy atom. The van der Waals surface area contributed by atoms with Gasteiger partial charge in [0.25, 0.3) is 0 Å².